The highest BCUT2D eigenvalue weighted by atomic mass is 35.5. The first-order valence-corrected chi connectivity index (χ1v) is 10.3. The molecule has 4 rings (SSSR count). The van der Waals surface area contributed by atoms with Crippen LogP contribution in [0.4, 0.5) is 11.5 Å². The second-order valence-electron chi connectivity index (χ2n) is 7.51. The maximum absolute atomic E-state index is 13.2. The fraction of sp³-hybridized carbons (Fsp3) is 0.273. The van der Waals surface area contributed by atoms with E-state index in [-0.39, 0.29) is 11.6 Å². The summed E-state index contributed by atoms with van der Waals surface area (Å²) in [5.41, 5.74) is 3.50. The molecule has 0 unspecified atom stereocenters. The van der Waals surface area contributed by atoms with E-state index in [0.717, 1.165) is 17.1 Å². The number of piperazine rings is 1. The number of carbonyl (C=O) groups excluding carboxylic acids is 1. The standard InChI is InChI=1S/C22H22ClN5O3/c1-15-13-20(16(2)27(15)18-5-3-17(23)4-6-18)22(29)26-11-9-25(10-12-26)21-8-7-19(14-24-21)28(30)31/h3-8,13-14H,9-12H2,1-2H3. The van der Waals surface area contributed by atoms with Crippen molar-refractivity contribution < 1.29 is 9.72 Å². The molecule has 1 aliphatic rings. The van der Waals surface area contributed by atoms with Crippen molar-refractivity contribution in [3.05, 3.63) is 80.7 Å². The van der Waals surface area contributed by atoms with E-state index in [4.69, 9.17) is 11.6 Å². The van der Waals surface area contributed by atoms with Gasteiger partial charge in [-0.05, 0) is 50.2 Å². The van der Waals surface area contributed by atoms with Crippen LogP contribution in [0.5, 0.6) is 0 Å². The van der Waals surface area contributed by atoms with Crippen LogP contribution in [0, 0.1) is 24.0 Å². The molecule has 160 valence electrons. The van der Waals surface area contributed by atoms with E-state index in [2.05, 4.69) is 9.55 Å². The first-order chi connectivity index (χ1) is 14.8. The molecule has 31 heavy (non-hydrogen) atoms. The maximum atomic E-state index is 13.2. The first-order valence-electron chi connectivity index (χ1n) is 9.94. The third kappa shape index (κ3) is 4.11. The predicted octanol–water partition coefficient (Wildman–Crippen LogP) is 4.01. The third-order valence-electron chi connectivity index (χ3n) is 5.58. The molecule has 0 saturated carbocycles. The van der Waals surface area contributed by atoms with Crippen molar-refractivity contribution in [2.45, 2.75) is 13.8 Å². The van der Waals surface area contributed by atoms with Crippen LogP contribution in [0.2, 0.25) is 5.02 Å². The van der Waals surface area contributed by atoms with Gasteiger partial charge in [0, 0.05) is 54.3 Å². The Morgan fingerprint density at radius 3 is 2.32 bits per heavy atom. The van der Waals surface area contributed by atoms with Gasteiger partial charge in [0.25, 0.3) is 11.6 Å². The van der Waals surface area contributed by atoms with E-state index in [1.54, 1.807) is 6.07 Å². The fourth-order valence-electron chi connectivity index (χ4n) is 3.95. The van der Waals surface area contributed by atoms with Crippen LogP contribution < -0.4 is 4.90 Å². The van der Waals surface area contributed by atoms with Crippen LogP contribution in [0.1, 0.15) is 21.7 Å². The second-order valence-corrected chi connectivity index (χ2v) is 7.94. The summed E-state index contributed by atoms with van der Waals surface area (Å²) in [5.74, 6) is 0.684. The number of anilines is 1. The number of hydrogen-bond donors (Lipinski definition) is 0. The van der Waals surface area contributed by atoms with Crippen molar-refractivity contribution >= 4 is 29.0 Å². The van der Waals surface area contributed by atoms with E-state index in [0.29, 0.717) is 42.6 Å². The lowest BCUT2D eigenvalue weighted by Gasteiger charge is -2.35. The number of nitrogens with zero attached hydrogens (tertiary/aromatic N) is 5. The van der Waals surface area contributed by atoms with Crippen molar-refractivity contribution in [2.24, 2.45) is 0 Å². The molecule has 1 amide bonds. The largest absolute Gasteiger partial charge is 0.353 e. The lowest BCUT2D eigenvalue weighted by Crippen LogP contribution is -2.49. The maximum Gasteiger partial charge on any atom is 0.287 e. The Bertz CT molecular complexity index is 1120. The Balaban J connectivity index is 1.47. The summed E-state index contributed by atoms with van der Waals surface area (Å²) < 4.78 is 2.06. The van der Waals surface area contributed by atoms with Gasteiger partial charge in [-0.25, -0.2) is 4.98 Å². The lowest BCUT2D eigenvalue weighted by atomic mass is 10.2. The van der Waals surface area contributed by atoms with Gasteiger partial charge in [0.15, 0.2) is 0 Å². The van der Waals surface area contributed by atoms with Gasteiger partial charge in [-0.15, -0.1) is 0 Å². The summed E-state index contributed by atoms with van der Waals surface area (Å²) in [6.45, 7) is 6.28. The summed E-state index contributed by atoms with van der Waals surface area (Å²) in [5, 5.41) is 11.5. The molecule has 8 nitrogen and oxygen atoms in total. The predicted molar refractivity (Wildman–Crippen MR) is 119 cm³/mol. The van der Waals surface area contributed by atoms with Gasteiger partial charge in [-0.3, -0.25) is 14.9 Å². The number of carbonyl (C=O) groups is 1. The van der Waals surface area contributed by atoms with E-state index in [1.165, 1.54) is 12.3 Å². The van der Waals surface area contributed by atoms with Crippen LogP contribution in [0.25, 0.3) is 5.69 Å². The van der Waals surface area contributed by atoms with Gasteiger partial charge in [0.2, 0.25) is 0 Å². The van der Waals surface area contributed by atoms with Crippen molar-refractivity contribution in [3.63, 3.8) is 0 Å². The molecule has 1 aliphatic heterocycles. The van der Waals surface area contributed by atoms with Crippen LogP contribution in [-0.4, -0.2) is 51.5 Å². The lowest BCUT2D eigenvalue weighted by molar-refractivity contribution is -0.385. The molecule has 0 aliphatic carbocycles. The molecule has 9 heteroatoms. The number of rotatable bonds is 4. The number of aromatic nitrogens is 2. The Hall–Kier alpha value is -3.39. The first kappa shape index (κ1) is 20.9. The van der Waals surface area contributed by atoms with E-state index >= 15 is 0 Å². The van der Waals surface area contributed by atoms with E-state index < -0.39 is 4.92 Å². The SMILES string of the molecule is Cc1cc(C(=O)N2CCN(c3ccc([N+](=O)[O-])cn3)CC2)c(C)n1-c1ccc(Cl)cc1. The van der Waals surface area contributed by atoms with E-state index in [1.807, 2.05) is 54.0 Å². The average molecular weight is 440 g/mol. The Morgan fingerprint density at radius 1 is 1.06 bits per heavy atom. The van der Waals surface area contributed by atoms with Gasteiger partial charge in [0.05, 0.1) is 10.5 Å². The summed E-state index contributed by atoms with van der Waals surface area (Å²) >= 11 is 6.01. The minimum atomic E-state index is -0.464. The zero-order valence-corrected chi connectivity index (χ0v) is 18.0. The number of amides is 1. The number of halogens is 1. The summed E-state index contributed by atoms with van der Waals surface area (Å²) in [7, 11) is 0. The summed E-state index contributed by atoms with van der Waals surface area (Å²) in [4.78, 5) is 31.6. The molecule has 1 fully saturated rings. The van der Waals surface area contributed by atoms with Gasteiger partial charge in [-0.2, -0.15) is 0 Å². The Morgan fingerprint density at radius 2 is 1.74 bits per heavy atom. The molecule has 2 aromatic heterocycles. The van der Waals surface area contributed by atoms with Gasteiger partial charge in [-0.1, -0.05) is 11.6 Å². The zero-order valence-electron chi connectivity index (χ0n) is 17.3. The van der Waals surface area contributed by atoms with Crippen molar-refractivity contribution in [1.82, 2.24) is 14.5 Å². The molecule has 0 N–H and O–H groups in total. The quantitative estimate of drug-likeness (QED) is 0.453. The summed E-state index contributed by atoms with van der Waals surface area (Å²) in [6, 6.07) is 12.6. The molecule has 0 bridgehead atoms. The van der Waals surface area contributed by atoms with E-state index in [9.17, 15) is 14.9 Å². The average Bonchev–Trinajstić information content (AvgIpc) is 3.08. The van der Waals surface area contributed by atoms with Gasteiger partial charge < -0.3 is 14.4 Å². The van der Waals surface area contributed by atoms with Crippen LogP contribution in [-0.2, 0) is 0 Å². The third-order valence-corrected chi connectivity index (χ3v) is 5.83. The number of aryl methyl sites for hydroxylation is 1. The van der Waals surface area contributed by atoms with Crippen molar-refractivity contribution in [3.8, 4) is 5.69 Å². The molecule has 1 saturated heterocycles. The fourth-order valence-corrected chi connectivity index (χ4v) is 4.08. The smallest absolute Gasteiger partial charge is 0.287 e. The number of benzene rings is 1. The van der Waals surface area contributed by atoms with Gasteiger partial charge in [0.1, 0.15) is 12.0 Å². The Kier molecular flexibility index (Phi) is 5.65. The van der Waals surface area contributed by atoms with Gasteiger partial charge >= 0.3 is 0 Å². The summed E-state index contributed by atoms with van der Waals surface area (Å²) in [6.07, 6.45) is 1.26. The Labute approximate surface area is 184 Å². The van der Waals surface area contributed by atoms with Crippen LogP contribution in [0.3, 0.4) is 0 Å². The second kappa shape index (κ2) is 8.39. The topological polar surface area (TPSA) is 84.5 Å². The number of pyridine rings is 1. The monoisotopic (exact) mass is 439 g/mol. The molecular formula is C22H22ClN5O3. The van der Waals surface area contributed by atoms with Crippen LogP contribution in [0.15, 0.2) is 48.7 Å². The highest BCUT2D eigenvalue weighted by molar-refractivity contribution is 6.30. The number of hydrogen-bond acceptors (Lipinski definition) is 5. The molecule has 1 aromatic carbocycles. The zero-order chi connectivity index (χ0) is 22.1. The van der Waals surface area contributed by atoms with Crippen LogP contribution >= 0.6 is 11.6 Å². The highest BCUT2D eigenvalue weighted by Crippen LogP contribution is 2.24. The number of nitro groups is 1. The molecule has 3 aromatic rings. The molecule has 0 spiro atoms. The molecule has 0 atom stereocenters. The van der Waals surface area contributed by atoms with Crippen molar-refractivity contribution in [1.29, 1.82) is 0 Å². The molecule has 3 heterocycles. The molecule has 0 radical (unpaired) electrons. The normalized spacial score (nSPS) is 14.0. The molecular weight excluding hydrogens is 418 g/mol. The van der Waals surface area contributed by atoms with Crippen molar-refractivity contribution in [2.75, 3.05) is 31.1 Å². The minimum absolute atomic E-state index is 0.00428. The minimum Gasteiger partial charge on any atom is -0.353 e. The highest BCUT2D eigenvalue weighted by Gasteiger charge is 2.26.